The molecule has 0 aliphatic heterocycles. The Morgan fingerprint density at radius 1 is 1.06 bits per heavy atom. The van der Waals surface area contributed by atoms with Gasteiger partial charge in [-0.15, -0.1) is 5.10 Å². The number of aromatic nitrogens is 5. The Morgan fingerprint density at radius 3 is 2.62 bits per heavy atom. The van der Waals surface area contributed by atoms with Gasteiger partial charge in [0, 0.05) is 17.1 Å². The number of hydrogen-bond donors (Lipinski definition) is 1. The Hall–Kier alpha value is -3.32. The van der Waals surface area contributed by atoms with Gasteiger partial charge in [0.1, 0.15) is 6.04 Å². The topological polar surface area (TPSA) is 79.7 Å². The number of aromatic amines is 1. The van der Waals surface area contributed by atoms with Crippen LogP contribution in [0.25, 0.3) is 10.9 Å². The molecule has 7 heteroatoms. The number of pyridine rings is 1. The minimum absolute atomic E-state index is 0.0846. The molecule has 34 heavy (non-hydrogen) atoms. The Morgan fingerprint density at radius 2 is 1.85 bits per heavy atom. The lowest BCUT2D eigenvalue weighted by atomic mass is 9.92. The van der Waals surface area contributed by atoms with Crippen molar-refractivity contribution in [1.29, 1.82) is 0 Å². The zero-order valence-corrected chi connectivity index (χ0v) is 19.9. The van der Waals surface area contributed by atoms with Crippen molar-refractivity contribution in [1.82, 2.24) is 30.1 Å². The van der Waals surface area contributed by atoms with Gasteiger partial charge >= 0.3 is 0 Å². The van der Waals surface area contributed by atoms with Gasteiger partial charge in [0.15, 0.2) is 5.82 Å². The number of fused-ring (bicyclic) bond motifs is 1. The Kier molecular flexibility index (Phi) is 6.54. The molecule has 2 heterocycles. The molecule has 0 saturated heterocycles. The standard InChI is InChI=1S/C27H32N6O/c1-3-19-14-15-24-21(16-19)17-23(27(34)28-24)25(32(2)22-12-8-5-9-13-22)26-29-30-31-33(26)18-20-10-6-4-7-11-20/h4,6-7,10-11,14-17,22,25H,3,5,8-9,12-13,18H2,1-2H3,(H,28,34)/t25-/m1/s1. The average Bonchev–Trinajstić information content (AvgIpc) is 3.32. The molecule has 1 saturated carbocycles. The van der Waals surface area contributed by atoms with E-state index in [1.165, 1.54) is 24.8 Å². The third-order valence-corrected chi connectivity index (χ3v) is 7.18. The lowest BCUT2D eigenvalue weighted by Gasteiger charge is -2.36. The minimum Gasteiger partial charge on any atom is -0.322 e. The number of aryl methyl sites for hydroxylation is 1. The molecular weight excluding hydrogens is 424 g/mol. The molecule has 0 spiro atoms. The largest absolute Gasteiger partial charge is 0.322 e. The second-order valence-corrected chi connectivity index (χ2v) is 9.37. The van der Waals surface area contributed by atoms with Crippen LogP contribution in [0.15, 0.2) is 59.4 Å². The predicted octanol–water partition coefficient (Wildman–Crippen LogP) is 4.48. The summed E-state index contributed by atoms with van der Waals surface area (Å²) in [7, 11) is 2.12. The molecule has 2 aromatic carbocycles. The van der Waals surface area contributed by atoms with Crippen LogP contribution in [-0.2, 0) is 13.0 Å². The first kappa shape index (κ1) is 22.5. The molecule has 0 radical (unpaired) electrons. The third kappa shape index (κ3) is 4.53. The highest BCUT2D eigenvalue weighted by atomic mass is 16.1. The van der Waals surface area contributed by atoms with E-state index in [0.29, 0.717) is 24.0 Å². The molecule has 0 amide bonds. The number of nitrogens with zero attached hydrogens (tertiary/aromatic N) is 5. The SMILES string of the molecule is CCc1ccc2[nH]c(=O)c([C@H](c3nnnn3Cc3ccccc3)N(C)C3CCCCC3)cc2c1. The predicted molar refractivity (Wildman–Crippen MR) is 134 cm³/mol. The number of benzene rings is 2. The molecule has 1 fully saturated rings. The van der Waals surface area contributed by atoms with Crippen molar-refractivity contribution in [2.24, 2.45) is 0 Å². The highest BCUT2D eigenvalue weighted by Gasteiger charge is 2.33. The fourth-order valence-corrected chi connectivity index (χ4v) is 5.21. The fourth-order valence-electron chi connectivity index (χ4n) is 5.21. The van der Waals surface area contributed by atoms with Crippen LogP contribution in [0, 0.1) is 0 Å². The lowest BCUT2D eigenvalue weighted by Crippen LogP contribution is -2.40. The van der Waals surface area contributed by atoms with E-state index < -0.39 is 0 Å². The molecule has 7 nitrogen and oxygen atoms in total. The first-order valence-electron chi connectivity index (χ1n) is 12.3. The minimum atomic E-state index is -0.333. The van der Waals surface area contributed by atoms with Crippen molar-refractivity contribution in [3.05, 3.63) is 87.5 Å². The van der Waals surface area contributed by atoms with Crippen LogP contribution in [0.1, 0.15) is 67.6 Å². The van der Waals surface area contributed by atoms with Crippen molar-refractivity contribution < 1.29 is 0 Å². The second kappa shape index (κ2) is 9.89. The maximum Gasteiger partial charge on any atom is 0.253 e. The summed E-state index contributed by atoms with van der Waals surface area (Å²) in [4.78, 5) is 18.9. The second-order valence-electron chi connectivity index (χ2n) is 9.37. The lowest BCUT2D eigenvalue weighted by molar-refractivity contribution is 0.149. The number of rotatable bonds is 7. The number of H-pyrrole nitrogens is 1. The maximum atomic E-state index is 13.4. The molecule has 1 aliphatic rings. The van der Waals surface area contributed by atoms with Crippen molar-refractivity contribution in [3.63, 3.8) is 0 Å². The molecule has 176 valence electrons. The average molecular weight is 457 g/mol. The Labute approximate surface area is 199 Å². The van der Waals surface area contributed by atoms with Crippen molar-refractivity contribution >= 4 is 10.9 Å². The summed E-state index contributed by atoms with van der Waals surface area (Å²) in [5, 5.41) is 13.9. The monoisotopic (exact) mass is 456 g/mol. The van der Waals surface area contributed by atoms with Crippen LogP contribution in [0.4, 0.5) is 0 Å². The Balaban J connectivity index is 1.62. The molecule has 2 aromatic heterocycles. The summed E-state index contributed by atoms with van der Waals surface area (Å²) in [6.07, 6.45) is 6.90. The summed E-state index contributed by atoms with van der Waals surface area (Å²) in [5.41, 5.74) is 3.83. The number of hydrogen-bond acceptors (Lipinski definition) is 5. The molecule has 1 atom stereocenters. The van der Waals surface area contributed by atoms with Crippen LogP contribution < -0.4 is 5.56 Å². The summed E-state index contributed by atoms with van der Waals surface area (Å²) < 4.78 is 1.84. The molecule has 5 rings (SSSR count). The quantitative estimate of drug-likeness (QED) is 0.444. The third-order valence-electron chi connectivity index (χ3n) is 7.18. The van der Waals surface area contributed by atoms with E-state index in [1.54, 1.807) is 0 Å². The van der Waals surface area contributed by atoms with Gasteiger partial charge in [-0.05, 0) is 71.4 Å². The zero-order chi connectivity index (χ0) is 23.5. The molecule has 1 aliphatic carbocycles. The van der Waals surface area contributed by atoms with Crippen LogP contribution >= 0.6 is 0 Å². The van der Waals surface area contributed by atoms with E-state index in [9.17, 15) is 4.79 Å². The Bertz CT molecular complexity index is 1310. The first-order chi connectivity index (χ1) is 16.6. The summed E-state index contributed by atoms with van der Waals surface area (Å²) in [5.74, 6) is 0.702. The fraction of sp³-hybridized carbons (Fsp3) is 0.407. The van der Waals surface area contributed by atoms with E-state index >= 15 is 0 Å². The molecular formula is C27H32N6O. The van der Waals surface area contributed by atoms with E-state index in [2.05, 4.69) is 63.6 Å². The van der Waals surface area contributed by atoms with E-state index in [4.69, 9.17) is 0 Å². The summed E-state index contributed by atoms with van der Waals surface area (Å²) in [6.45, 7) is 2.70. The van der Waals surface area contributed by atoms with Gasteiger partial charge in [0.05, 0.1) is 6.54 Å². The van der Waals surface area contributed by atoms with Gasteiger partial charge in [-0.1, -0.05) is 62.6 Å². The normalized spacial score (nSPS) is 15.7. The van der Waals surface area contributed by atoms with Crippen LogP contribution in [0.2, 0.25) is 0 Å². The molecule has 1 N–H and O–H groups in total. The van der Waals surface area contributed by atoms with Gasteiger partial charge in [-0.2, -0.15) is 0 Å². The van der Waals surface area contributed by atoms with Gasteiger partial charge in [-0.3, -0.25) is 9.69 Å². The van der Waals surface area contributed by atoms with E-state index in [0.717, 1.165) is 35.7 Å². The first-order valence-corrected chi connectivity index (χ1v) is 12.3. The van der Waals surface area contributed by atoms with Crippen LogP contribution in [0.5, 0.6) is 0 Å². The number of nitrogens with one attached hydrogen (secondary N) is 1. The van der Waals surface area contributed by atoms with Gasteiger partial charge < -0.3 is 4.98 Å². The highest BCUT2D eigenvalue weighted by Crippen LogP contribution is 2.32. The molecule has 0 unspecified atom stereocenters. The maximum absolute atomic E-state index is 13.4. The summed E-state index contributed by atoms with van der Waals surface area (Å²) in [6, 6.07) is 18.5. The van der Waals surface area contributed by atoms with Crippen LogP contribution in [0.3, 0.4) is 0 Å². The number of tetrazole rings is 1. The molecule has 0 bridgehead atoms. The highest BCUT2D eigenvalue weighted by molar-refractivity contribution is 5.80. The summed E-state index contributed by atoms with van der Waals surface area (Å²) >= 11 is 0. The van der Waals surface area contributed by atoms with Gasteiger partial charge in [0.25, 0.3) is 5.56 Å². The van der Waals surface area contributed by atoms with Crippen LogP contribution in [-0.4, -0.2) is 43.2 Å². The van der Waals surface area contributed by atoms with E-state index in [-0.39, 0.29) is 11.6 Å². The smallest absolute Gasteiger partial charge is 0.253 e. The zero-order valence-electron chi connectivity index (χ0n) is 19.9. The van der Waals surface area contributed by atoms with Gasteiger partial charge in [0.2, 0.25) is 0 Å². The van der Waals surface area contributed by atoms with Gasteiger partial charge in [-0.25, -0.2) is 4.68 Å². The van der Waals surface area contributed by atoms with E-state index in [1.807, 2.05) is 35.0 Å². The van der Waals surface area contributed by atoms with Crippen molar-refractivity contribution in [2.45, 2.75) is 64.1 Å². The molecule has 4 aromatic rings. The van der Waals surface area contributed by atoms with Crippen molar-refractivity contribution in [2.75, 3.05) is 7.05 Å². The van der Waals surface area contributed by atoms with Crippen molar-refractivity contribution in [3.8, 4) is 0 Å².